The SMILES string of the molecule is CON=C(C(=O)NC1C(=O)N2C(C(=O)O)=C(CSc3nnnn3CC(=O)OC)CS[C@@H]12)c1csc(NC=O)n1. The van der Waals surface area contributed by atoms with Crippen LogP contribution in [0.5, 0.6) is 0 Å². The number of β-lactam (4-membered cyclic amide) rings is 1. The molecule has 3 amide bonds. The fourth-order valence-electron chi connectivity index (χ4n) is 3.54. The summed E-state index contributed by atoms with van der Waals surface area (Å²) in [6, 6.07) is -1.02. The van der Waals surface area contributed by atoms with Crippen LogP contribution in [0.2, 0.25) is 0 Å². The van der Waals surface area contributed by atoms with Crippen LogP contribution in [-0.4, -0.2) is 108 Å². The summed E-state index contributed by atoms with van der Waals surface area (Å²) >= 11 is 3.43. The summed E-state index contributed by atoms with van der Waals surface area (Å²) in [7, 11) is 2.46. The highest BCUT2D eigenvalue weighted by Crippen LogP contribution is 2.41. The Labute approximate surface area is 231 Å². The van der Waals surface area contributed by atoms with Crippen LogP contribution in [0.4, 0.5) is 5.13 Å². The van der Waals surface area contributed by atoms with Gasteiger partial charge in [0.25, 0.3) is 11.8 Å². The van der Waals surface area contributed by atoms with E-state index in [0.717, 1.165) is 28.0 Å². The van der Waals surface area contributed by atoms with E-state index in [-0.39, 0.29) is 45.4 Å². The minimum atomic E-state index is -1.30. The van der Waals surface area contributed by atoms with Crippen molar-refractivity contribution < 1.29 is 38.7 Å². The number of methoxy groups -OCH3 is 1. The summed E-state index contributed by atoms with van der Waals surface area (Å²) in [5.41, 5.74) is 0.140. The van der Waals surface area contributed by atoms with Crippen LogP contribution in [0, 0.1) is 0 Å². The van der Waals surface area contributed by atoms with Gasteiger partial charge in [0.1, 0.15) is 36.5 Å². The van der Waals surface area contributed by atoms with Crippen molar-refractivity contribution >= 4 is 75.9 Å². The number of rotatable bonds is 12. The molecule has 1 saturated heterocycles. The van der Waals surface area contributed by atoms with E-state index in [1.54, 1.807) is 0 Å². The van der Waals surface area contributed by atoms with Crippen molar-refractivity contribution in [2.24, 2.45) is 5.16 Å². The second-order valence-corrected chi connectivity index (χ2v) is 10.4. The quantitative estimate of drug-likeness (QED) is 0.0650. The fourth-order valence-corrected chi connectivity index (χ4v) is 6.55. The Hall–Kier alpha value is -4.04. The van der Waals surface area contributed by atoms with Crippen LogP contribution < -0.4 is 10.6 Å². The van der Waals surface area contributed by atoms with Gasteiger partial charge in [0.2, 0.25) is 11.6 Å². The summed E-state index contributed by atoms with van der Waals surface area (Å²) < 4.78 is 5.83. The molecule has 1 fully saturated rings. The van der Waals surface area contributed by atoms with Crippen molar-refractivity contribution in [3.8, 4) is 0 Å². The number of nitrogens with one attached hydrogen (secondary N) is 2. The van der Waals surface area contributed by atoms with E-state index < -0.39 is 35.2 Å². The molecule has 0 saturated carbocycles. The standard InChI is InChI=1S/C19H19N9O8S3/c1-35-10(30)3-27-19(23-25-26-27)39-5-8-4-37-16-12(15(32)28(16)13(8)17(33)34)22-14(31)11(24-36-2)9-6-38-18(21-9)20-7-29/h6-7,12,16H,3-5H2,1-2H3,(H,22,31)(H,33,34)(H,20,21,29)/t12?,16-/m0/s1. The van der Waals surface area contributed by atoms with Crippen LogP contribution in [-0.2, 0) is 40.1 Å². The predicted octanol–water partition coefficient (Wildman–Crippen LogP) is -1.25. The van der Waals surface area contributed by atoms with Gasteiger partial charge in [0.05, 0.1) is 7.11 Å². The van der Waals surface area contributed by atoms with Crippen molar-refractivity contribution in [1.82, 2.24) is 35.4 Å². The van der Waals surface area contributed by atoms with Gasteiger partial charge in [-0.3, -0.25) is 24.1 Å². The lowest BCUT2D eigenvalue weighted by Gasteiger charge is -2.49. The Bertz CT molecular complexity index is 1370. The lowest BCUT2D eigenvalue weighted by Crippen LogP contribution is -2.71. The van der Waals surface area contributed by atoms with Crippen LogP contribution in [0.1, 0.15) is 5.69 Å². The van der Waals surface area contributed by atoms with Crippen LogP contribution in [0.25, 0.3) is 0 Å². The zero-order valence-electron chi connectivity index (χ0n) is 20.1. The Morgan fingerprint density at radius 1 is 1.36 bits per heavy atom. The Balaban J connectivity index is 1.46. The van der Waals surface area contributed by atoms with E-state index in [9.17, 15) is 29.1 Å². The van der Waals surface area contributed by atoms with E-state index in [4.69, 9.17) is 4.84 Å². The number of carbonyl (C=O) groups is 5. The predicted molar refractivity (Wildman–Crippen MR) is 136 cm³/mol. The molecule has 3 N–H and O–H groups in total. The van der Waals surface area contributed by atoms with Gasteiger partial charge in [-0.2, -0.15) is 0 Å². The van der Waals surface area contributed by atoms with Gasteiger partial charge < -0.3 is 25.3 Å². The molecule has 4 rings (SSSR count). The number of tetrazole rings is 1. The first-order valence-electron chi connectivity index (χ1n) is 10.7. The minimum Gasteiger partial charge on any atom is -0.477 e. The van der Waals surface area contributed by atoms with Crippen molar-refractivity contribution in [1.29, 1.82) is 0 Å². The molecule has 0 aromatic carbocycles. The number of amides is 3. The summed E-state index contributed by atoms with van der Waals surface area (Å²) in [5, 5.41) is 30.9. The molecule has 0 radical (unpaired) electrons. The molecule has 20 heteroatoms. The molecular formula is C19H19N9O8S3. The maximum Gasteiger partial charge on any atom is 0.352 e. The number of aliphatic carboxylic acids is 1. The molecule has 2 aliphatic rings. The van der Waals surface area contributed by atoms with Crippen molar-refractivity contribution in [3.05, 3.63) is 22.3 Å². The number of aromatic nitrogens is 5. The normalized spacial score (nSPS) is 18.7. The summed E-state index contributed by atoms with van der Waals surface area (Å²) in [5.74, 6) is -2.86. The lowest BCUT2D eigenvalue weighted by molar-refractivity contribution is -0.150. The van der Waals surface area contributed by atoms with Crippen LogP contribution >= 0.6 is 34.9 Å². The summed E-state index contributed by atoms with van der Waals surface area (Å²) in [6.45, 7) is -0.219. The molecule has 39 heavy (non-hydrogen) atoms. The first kappa shape index (κ1) is 28.0. The highest BCUT2D eigenvalue weighted by atomic mass is 32.2. The average molecular weight is 598 g/mol. The number of nitrogens with zero attached hydrogens (tertiary/aromatic N) is 7. The van der Waals surface area contributed by atoms with Gasteiger partial charge in [-0.05, 0) is 16.0 Å². The highest BCUT2D eigenvalue weighted by Gasteiger charge is 2.54. The fraction of sp³-hybridized carbons (Fsp3) is 0.368. The molecule has 2 atom stereocenters. The second-order valence-electron chi connectivity index (χ2n) is 7.52. The first-order chi connectivity index (χ1) is 18.8. The molecule has 0 spiro atoms. The summed E-state index contributed by atoms with van der Waals surface area (Å²) in [4.78, 5) is 70.2. The monoisotopic (exact) mass is 597 g/mol. The molecule has 0 aliphatic carbocycles. The zero-order valence-corrected chi connectivity index (χ0v) is 22.5. The molecule has 206 valence electrons. The van der Waals surface area contributed by atoms with Gasteiger partial charge in [-0.1, -0.05) is 16.9 Å². The number of anilines is 1. The Morgan fingerprint density at radius 2 is 2.15 bits per heavy atom. The van der Waals surface area contributed by atoms with E-state index in [2.05, 4.69) is 41.0 Å². The number of hydrogen-bond donors (Lipinski definition) is 3. The third kappa shape index (κ3) is 5.86. The smallest absolute Gasteiger partial charge is 0.352 e. The molecule has 0 bridgehead atoms. The van der Waals surface area contributed by atoms with Gasteiger partial charge in [-0.25, -0.2) is 14.5 Å². The molecule has 2 aliphatic heterocycles. The topological polar surface area (TPSA) is 220 Å². The van der Waals surface area contributed by atoms with Gasteiger partial charge >= 0.3 is 11.9 Å². The maximum absolute atomic E-state index is 13.0. The number of fused-ring (bicyclic) bond motifs is 1. The van der Waals surface area contributed by atoms with Gasteiger partial charge in [0, 0.05) is 16.9 Å². The number of oxime groups is 1. The van der Waals surface area contributed by atoms with Crippen LogP contribution in [0.15, 0.2) is 27.0 Å². The minimum absolute atomic E-state index is 0.114. The number of esters is 1. The molecular weight excluding hydrogens is 578 g/mol. The van der Waals surface area contributed by atoms with E-state index in [1.807, 2.05) is 0 Å². The Morgan fingerprint density at radius 3 is 2.85 bits per heavy atom. The van der Waals surface area contributed by atoms with E-state index in [0.29, 0.717) is 12.0 Å². The number of thioether (sulfide) groups is 2. The molecule has 1 unspecified atom stereocenters. The largest absolute Gasteiger partial charge is 0.477 e. The highest BCUT2D eigenvalue weighted by molar-refractivity contribution is 8.01. The maximum atomic E-state index is 13.0. The van der Waals surface area contributed by atoms with E-state index >= 15 is 0 Å². The van der Waals surface area contributed by atoms with Crippen molar-refractivity contribution in [3.63, 3.8) is 0 Å². The number of hydrogen-bond acceptors (Lipinski definition) is 15. The second kappa shape index (κ2) is 12.2. The number of carboxylic acids is 1. The van der Waals surface area contributed by atoms with Gasteiger partial charge in [-0.15, -0.1) is 28.2 Å². The number of ether oxygens (including phenoxy) is 1. The van der Waals surface area contributed by atoms with Gasteiger partial charge in [0.15, 0.2) is 10.8 Å². The summed E-state index contributed by atoms with van der Waals surface area (Å²) in [6.07, 6.45) is 0.433. The number of carboxylic acid groups (broad SMARTS) is 1. The number of carbonyl (C=O) groups excluding carboxylic acids is 4. The molecule has 4 heterocycles. The first-order valence-corrected chi connectivity index (χ1v) is 13.6. The third-order valence-electron chi connectivity index (χ3n) is 5.24. The Kier molecular flexibility index (Phi) is 8.76. The zero-order chi connectivity index (χ0) is 28.1. The molecule has 2 aromatic rings. The third-order valence-corrected chi connectivity index (χ3v) is 8.40. The van der Waals surface area contributed by atoms with Crippen molar-refractivity contribution in [2.75, 3.05) is 31.0 Å². The molecule has 17 nitrogen and oxygen atoms in total. The van der Waals surface area contributed by atoms with Crippen LogP contribution in [0.3, 0.4) is 0 Å². The lowest BCUT2D eigenvalue weighted by atomic mass is 10.0. The average Bonchev–Trinajstić information content (AvgIpc) is 3.57. The van der Waals surface area contributed by atoms with E-state index in [1.165, 1.54) is 36.0 Å². The van der Waals surface area contributed by atoms with Crippen molar-refractivity contribution in [2.45, 2.75) is 23.1 Å². The molecule has 2 aromatic heterocycles. The number of thiazole rings is 1.